The van der Waals surface area contributed by atoms with Gasteiger partial charge in [-0.3, -0.25) is 4.79 Å². The molecule has 6 heteroatoms. The summed E-state index contributed by atoms with van der Waals surface area (Å²) in [5, 5.41) is 0. The van der Waals surface area contributed by atoms with Gasteiger partial charge in [-0.05, 0) is 36.6 Å². The molecule has 2 aromatic rings. The van der Waals surface area contributed by atoms with Gasteiger partial charge in [0.25, 0.3) is 0 Å². The molecule has 2 N–H and O–H groups in total. The Morgan fingerprint density at radius 2 is 1.56 bits per heavy atom. The van der Waals surface area contributed by atoms with Gasteiger partial charge in [-0.25, -0.2) is 0 Å². The van der Waals surface area contributed by atoms with E-state index >= 15 is 0 Å². The minimum atomic E-state index is -4.43. The predicted molar refractivity (Wildman–Crippen MR) is 92.1 cm³/mol. The van der Waals surface area contributed by atoms with Gasteiger partial charge in [0.1, 0.15) is 6.54 Å². The SMILES string of the molecule is Cc1ccc(CCN(CC(F)(F)F)C(=O)Cc2ccc(N)cc2)cc1. The van der Waals surface area contributed by atoms with Gasteiger partial charge < -0.3 is 10.6 Å². The number of aryl methyl sites for hydroxylation is 1. The Morgan fingerprint density at radius 1 is 1.00 bits per heavy atom. The average molecular weight is 350 g/mol. The Hall–Kier alpha value is -2.50. The van der Waals surface area contributed by atoms with Crippen LogP contribution in [-0.4, -0.2) is 30.1 Å². The number of nitrogens with zero attached hydrogens (tertiary/aromatic N) is 1. The summed E-state index contributed by atoms with van der Waals surface area (Å²) in [7, 11) is 0. The van der Waals surface area contributed by atoms with E-state index in [-0.39, 0.29) is 13.0 Å². The molecular weight excluding hydrogens is 329 g/mol. The first-order valence-electron chi connectivity index (χ1n) is 7.97. The molecule has 3 nitrogen and oxygen atoms in total. The highest BCUT2D eigenvalue weighted by atomic mass is 19.4. The fourth-order valence-electron chi connectivity index (χ4n) is 2.45. The van der Waals surface area contributed by atoms with Crippen LogP contribution in [0, 0.1) is 6.92 Å². The molecule has 2 aromatic carbocycles. The summed E-state index contributed by atoms with van der Waals surface area (Å²) < 4.78 is 38.5. The van der Waals surface area contributed by atoms with Crippen molar-refractivity contribution in [2.24, 2.45) is 0 Å². The highest BCUT2D eigenvalue weighted by Crippen LogP contribution is 2.18. The third kappa shape index (κ3) is 6.49. The number of nitrogens with two attached hydrogens (primary N) is 1. The smallest absolute Gasteiger partial charge is 0.399 e. The van der Waals surface area contributed by atoms with E-state index in [0.717, 1.165) is 16.0 Å². The van der Waals surface area contributed by atoms with E-state index in [0.29, 0.717) is 17.7 Å². The van der Waals surface area contributed by atoms with Gasteiger partial charge in [0, 0.05) is 12.2 Å². The Labute approximate surface area is 145 Å². The van der Waals surface area contributed by atoms with E-state index in [4.69, 9.17) is 5.73 Å². The minimum Gasteiger partial charge on any atom is -0.399 e. The van der Waals surface area contributed by atoms with Crippen molar-refractivity contribution in [3.8, 4) is 0 Å². The van der Waals surface area contributed by atoms with Gasteiger partial charge in [-0.15, -0.1) is 0 Å². The van der Waals surface area contributed by atoms with Crippen molar-refractivity contribution in [2.45, 2.75) is 25.9 Å². The lowest BCUT2D eigenvalue weighted by molar-refractivity contribution is -0.160. The summed E-state index contributed by atoms with van der Waals surface area (Å²) in [6, 6.07) is 14.1. The van der Waals surface area contributed by atoms with Crippen LogP contribution in [0.4, 0.5) is 18.9 Å². The monoisotopic (exact) mass is 350 g/mol. The van der Waals surface area contributed by atoms with Crippen molar-refractivity contribution in [1.29, 1.82) is 0 Å². The fourth-order valence-corrected chi connectivity index (χ4v) is 2.45. The zero-order chi connectivity index (χ0) is 18.4. The number of benzene rings is 2. The van der Waals surface area contributed by atoms with Crippen LogP contribution < -0.4 is 5.73 Å². The molecule has 0 radical (unpaired) electrons. The molecule has 0 heterocycles. The topological polar surface area (TPSA) is 46.3 Å². The molecular formula is C19H21F3N2O. The Bertz CT molecular complexity index is 694. The lowest BCUT2D eigenvalue weighted by Gasteiger charge is -2.24. The lowest BCUT2D eigenvalue weighted by Crippen LogP contribution is -2.41. The minimum absolute atomic E-state index is 0.0242. The van der Waals surface area contributed by atoms with Gasteiger partial charge in [-0.2, -0.15) is 13.2 Å². The summed E-state index contributed by atoms with van der Waals surface area (Å²) in [5.74, 6) is -0.547. The molecule has 0 unspecified atom stereocenters. The number of carbonyl (C=O) groups is 1. The molecule has 134 valence electrons. The van der Waals surface area contributed by atoms with Gasteiger partial charge in [0.15, 0.2) is 0 Å². The number of hydrogen-bond donors (Lipinski definition) is 1. The van der Waals surface area contributed by atoms with Crippen molar-refractivity contribution in [3.05, 3.63) is 65.2 Å². The third-order valence-corrected chi connectivity index (χ3v) is 3.85. The second kappa shape index (κ2) is 8.05. The standard InChI is InChI=1S/C19H21F3N2O/c1-14-2-4-15(5-3-14)10-11-24(13-19(20,21)22)18(25)12-16-6-8-17(23)9-7-16/h2-9H,10-13,23H2,1H3. The normalized spacial score (nSPS) is 11.4. The molecule has 0 aliphatic carbocycles. The van der Waals surface area contributed by atoms with Gasteiger partial charge >= 0.3 is 6.18 Å². The molecule has 0 aromatic heterocycles. The number of carbonyl (C=O) groups excluding carboxylic acids is 1. The number of halogens is 3. The predicted octanol–water partition coefficient (Wildman–Crippen LogP) is 3.75. The fraction of sp³-hybridized carbons (Fsp3) is 0.316. The second-order valence-corrected chi connectivity index (χ2v) is 6.08. The lowest BCUT2D eigenvalue weighted by atomic mass is 10.1. The number of alkyl halides is 3. The third-order valence-electron chi connectivity index (χ3n) is 3.85. The van der Waals surface area contributed by atoms with Crippen molar-refractivity contribution < 1.29 is 18.0 Å². The van der Waals surface area contributed by atoms with Crippen LogP contribution in [0.5, 0.6) is 0 Å². The zero-order valence-corrected chi connectivity index (χ0v) is 14.0. The number of anilines is 1. The summed E-state index contributed by atoms with van der Waals surface area (Å²) in [6.45, 7) is 0.721. The molecule has 0 aliphatic rings. The van der Waals surface area contributed by atoms with Crippen LogP contribution >= 0.6 is 0 Å². The Balaban J connectivity index is 2.04. The van der Waals surface area contributed by atoms with E-state index in [9.17, 15) is 18.0 Å². The van der Waals surface area contributed by atoms with E-state index < -0.39 is 18.6 Å². The van der Waals surface area contributed by atoms with Crippen molar-refractivity contribution in [3.63, 3.8) is 0 Å². The summed E-state index contributed by atoms with van der Waals surface area (Å²) in [5.41, 5.74) is 8.74. The van der Waals surface area contributed by atoms with Crippen molar-refractivity contribution in [2.75, 3.05) is 18.8 Å². The first kappa shape index (κ1) is 18.8. The Morgan fingerprint density at radius 3 is 2.12 bits per heavy atom. The maximum atomic E-state index is 12.8. The van der Waals surface area contributed by atoms with Gasteiger partial charge in [0.2, 0.25) is 5.91 Å². The number of rotatable bonds is 6. The average Bonchev–Trinajstić information content (AvgIpc) is 2.54. The molecule has 1 amide bonds. The largest absolute Gasteiger partial charge is 0.406 e. The Kier molecular flexibility index (Phi) is 6.07. The summed E-state index contributed by atoms with van der Waals surface area (Å²) >= 11 is 0. The first-order chi connectivity index (χ1) is 11.7. The second-order valence-electron chi connectivity index (χ2n) is 6.08. The van der Waals surface area contributed by atoms with Crippen molar-refractivity contribution >= 4 is 11.6 Å². The van der Waals surface area contributed by atoms with E-state index in [1.807, 2.05) is 31.2 Å². The first-order valence-corrected chi connectivity index (χ1v) is 7.97. The molecule has 2 rings (SSSR count). The van der Waals surface area contributed by atoms with Crippen molar-refractivity contribution in [1.82, 2.24) is 4.90 Å². The quantitative estimate of drug-likeness (QED) is 0.807. The molecule has 0 fully saturated rings. The molecule has 0 aliphatic heterocycles. The van der Waals surface area contributed by atoms with Gasteiger partial charge in [0.05, 0.1) is 6.42 Å². The van der Waals surface area contributed by atoms with E-state index in [2.05, 4.69) is 0 Å². The number of amides is 1. The molecule has 25 heavy (non-hydrogen) atoms. The molecule has 0 bridgehead atoms. The zero-order valence-electron chi connectivity index (χ0n) is 14.0. The molecule has 0 saturated carbocycles. The highest BCUT2D eigenvalue weighted by Gasteiger charge is 2.32. The van der Waals surface area contributed by atoms with Crippen LogP contribution in [0.3, 0.4) is 0 Å². The van der Waals surface area contributed by atoms with Crippen LogP contribution in [0.25, 0.3) is 0 Å². The number of nitrogen functional groups attached to an aromatic ring is 1. The highest BCUT2D eigenvalue weighted by molar-refractivity contribution is 5.79. The summed E-state index contributed by atoms with van der Waals surface area (Å²) in [4.78, 5) is 13.2. The van der Waals surface area contributed by atoms with Crippen LogP contribution in [0.2, 0.25) is 0 Å². The maximum absolute atomic E-state index is 12.8. The number of hydrogen-bond acceptors (Lipinski definition) is 2. The molecule has 0 spiro atoms. The van der Waals surface area contributed by atoms with Crippen LogP contribution in [-0.2, 0) is 17.6 Å². The van der Waals surface area contributed by atoms with E-state index in [1.165, 1.54) is 0 Å². The molecule has 0 saturated heterocycles. The molecule has 0 atom stereocenters. The van der Waals surface area contributed by atoms with E-state index in [1.54, 1.807) is 24.3 Å². The summed E-state index contributed by atoms with van der Waals surface area (Å²) in [6.07, 6.45) is -4.13. The maximum Gasteiger partial charge on any atom is 0.406 e. The van der Waals surface area contributed by atoms with Crippen LogP contribution in [0.15, 0.2) is 48.5 Å². The van der Waals surface area contributed by atoms with Gasteiger partial charge in [-0.1, -0.05) is 42.0 Å². The van der Waals surface area contributed by atoms with Crippen LogP contribution in [0.1, 0.15) is 16.7 Å².